The van der Waals surface area contributed by atoms with Crippen molar-refractivity contribution in [3.8, 4) is 5.75 Å². The summed E-state index contributed by atoms with van der Waals surface area (Å²) in [6.07, 6.45) is 2.08. The van der Waals surface area contributed by atoms with Gasteiger partial charge in [0.25, 0.3) is 5.91 Å². The fraction of sp³-hybridized carbons (Fsp3) is 0.391. The molecule has 2 aliphatic rings. The highest BCUT2D eigenvalue weighted by Crippen LogP contribution is 2.25. The zero-order valence-electron chi connectivity index (χ0n) is 17.6. The van der Waals surface area contributed by atoms with Gasteiger partial charge in [0.1, 0.15) is 5.75 Å². The molecule has 2 fully saturated rings. The number of urea groups is 1. The minimum absolute atomic E-state index is 0.00830. The molecule has 2 aromatic carbocycles. The molecule has 0 bridgehead atoms. The number of methoxy groups -OCH3 is 1. The van der Waals surface area contributed by atoms with Crippen LogP contribution >= 0.6 is 11.6 Å². The second-order valence-electron chi connectivity index (χ2n) is 7.97. The molecule has 1 saturated carbocycles. The first-order chi connectivity index (χ1) is 15.0. The molecule has 1 heterocycles. The first-order valence-electron chi connectivity index (χ1n) is 10.5. The first kappa shape index (κ1) is 21.5. The van der Waals surface area contributed by atoms with Crippen molar-refractivity contribution in [3.05, 3.63) is 58.6 Å². The van der Waals surface area contributed by atoms with Crippen LogP contribution in [-0.2, 0) is 6.54 Å². The highest BCUT2D eigenvalue weighted by molar-refractivity contribution is 6.30. The number of nitrogens with one attached hydrogen (secondary N) is 2. The molecule has 0 aromatic heterocycles. The van der Waals surface area contributed by atoms with E-state index >= 15 is 0 Å². The molecule has 8 heteroatoms. The van der Waals surface area contributed by atoms with E-state index in [0.29, 0.717) is 35.4 Å². The fourth-order valence-electron chi connectivity index (χ4n) is 3.68. The van der Waals surface area contributed by atoms with Crippen LogP contribution in [0.4, 0.5) is 10.5 Å². The minimum Gasteiger partial charge on any atom is -0.496 e. The van der Waals surface area contributed by atoms with Crippen LogP contribution in [0.5, 0.6) is 5.75 Å². The van der Waals surface area contributed by atoms with Gasteiger partial charge < -0.3 is 20.3 Å². The lowest BCUT2D eigenvalue weighted by Gasteiger charge is -2.35. The number of nitrogens with zero attached hydrogens (tertiary/aromatic N) is 2. The molecule has 7 nitrogen and oxygen atoms in total. The summed E-state index contributed by atoms with van der Waals surface area (Å²) in [7, 11) is 1.66. The van der Waals surface area contributed by atoms with Crippen molar-refractivity contribution in [3.63, 3.8) is 0 Å². The number of piperazine rings is 1. The van der Waals surface area contributed by atoms with Crippen molar-refractivity contribution < 1.29 is 14.3 Å². The van der Waals surface area contributed by atoms with Gasteiger partial charge in [0.2, 0.25) is 0 Å². The van der Waals surface area contributed by atoms with Crippen LogP contribution in [-0.4, -0.2) is 61.1 Å². The van der Waals surface area contributed by atoms with E-state index < -0.39 is 0 Å². The zero-order chi connectivity index (χ0) is 21.8. The third kappa shape index (κ3) is 5.68. The number of anilines is 1. The van der Waals surface area contributed by atoms with Gasteiger partial charge in [-0.3, -0.25) is 9.69 Å². The van der Waals surface area contributed by atoms with Crippen LogP contribution in [0.3, 0.4) is 0 Å². The van der Waals surface area contributed by atoms with Gasteiger partial charge in [0, 0.05) is 60.6 Å². The van der Waals surface area contributed by atoms with Gasteiger partial charge in [-0.2, -0.15) is 0 Å². The summed E-state index contributed by atoms with van der Waals surface area (Å²) in [5.41, 5.74) is 2.34. The largest absolute Gasteiger partial charge is 0.496 e. The molecule has 1 aliphatic heterocycles. The van der Waals surface area contributed by atoms with Crippen LogP contribution in [0.15, 0.2) is 42.5 Å². The number of halogens is 1. The highest BCUT2D eigenvalue weighted by Gasteiger charge is 2.24. The molecule has 31 heavy (non-hydrogen) atoms. The maximum Gasteiger partial charge on any atom is 0.319 e. The molecule has 2 aromatic rings. The molecule has 0 radical (unpaired) electrons. The number of carbonyl (C=O) groups excluding carboxylic acids is 2. The molecule has 1 aliphatic carbocycles. The maximum absolute atomic E-state index is 12.9. The summed E-state index contributed by atoms with van der Waals surface area (Å²) in [6.45, 7) is 3.61. The van der Waals surface area contributed by atoms with Gasteiger partial charge in [0.05, 0.1) is 7.11 Å². The van der Waals surface area contributed by atoms with Gasteiger partial charge >= 0.3 is 6.03 Å². The van der Waals surface area contributed by atoms with Crippen LogP contribution < -0.4 is 15.4 Å². The standard InChI is InChI=1S/C23H27ClN4O3/c1-31-21-9-4-18(24)14-17(21)15-27-10-12-28(13-11-27)22(29)16-2-5-19(6-3-16)25-23(30)26-20-7-8-20/h2-6,9,14,20H,7-8,10-13,15H2,1H3,(H2,25,26,30). The first-order valence-corrected chi connectivity index (χ1v) is 10.9. The molecule has 164 valence electrons. The van der Waals surface area contributed by atoms with Gasteiger partial charge in [-0.05, 0) is 55.3 Å². The van der Waals surface area contributed by atoms with Crippen molar-refractivity contribution in [1.29, 1.82) is 0 Å². The summed E-state index contributed by atoms with van der Waals surface area (Å²) in [4.78, 5) is 28.9. The fourth-order valence-corrected chi connectivity index (χ4v) is 3.87. The molecule has 2 N–H and O–H groups in total. The number of amides is 3. The van der Waals surface area contributed by atoms with Gasteiger partial charge in [-0.1, -0.05) is 11.6 Å². The van der Waals surface area contributed by atoms with E-state index in [9.17, 15) is 9.59 Å². The van der Waals surface area contributed by atoms with Crippen molar-refractivity contribution in [1.82, 2.24) is 15.1 Å². The van der Waals surface area contributed by atoms with Crippen LogP contribution in [0.1, 0.15) is 28.8 Å². The molecule has 0 spiro atoms. The molecule has 0 atom stereocenters. The Morgan fingerprint density at radius 2 is 1.77 bits per heavy atom. The maximum atomic E-state index is 12.9. The Morgan fingerprint density at radius 3 is 2.42 bits per heavy atom. The van der Waals surface area contributed by atoms with Crippen LogP contribution in [0.2, 0.25) is 5.02 Å². The quantitative estimate of drug-likeness (QED) is 0.717. The Morgan fingerprint density at radius 1 is 1.06 bits per heavy atom. The van der Waals surface area contributed by atoms with Crippen LogP contribution in [0, 0.1) is 0 Å². The summed E-state index contributed by atoms with van der Waals surface area (Å²) in [5.74, 6) is 0.830. The topological polar surface area (TPSA) is 73.9 Å². The SMILES string of the molecule is COc1ccc(Cl)cc1CN1CCN(C(=O)c2ccc(NC(=O)NC3CC3)cc2)CC1. The Labute approximate surface area is 187 Å². The lowest BCUT2D eigenvalue weighted by Crippen LogP contribution is -2.48. The van der Waals surface area contributed by atoms with Crippen molar-refractivity contribution in [2.24, 2.45) is 0 Å². The van der Waals surface area contributed by atoms with Crippen LogP contribution in [0.25, 0.3) is 0 Å². The smallest absolute Gasteiger partial charge is 0.319 e. The number of rotatable bonds is 6. The second kappa shape index (κ2) is 9.58. The molecule has 1 saturated heterocycles. The number of hydrogen-bond acceptors (Lipinski definition) is 4. The molecule has 0 unspecified atom stereocenters. The lowest BCUT2D eigenvalue weighted by atomic mass is 10.1. The highest BCUT2D eigenvalue weighted by atomic mass is 35.5. The Bertz CT molecular complexity index is 938. The Hall–Kier alpha value is -2.77. The number of carbonyl (C=O) groups is 2. The lowest BCUT2D eigenvalue weighted by molar-refractivity contribution is 0.0627. The van der Waals surface area contributed by atoms with E-state index in [0.717, 1.165) is 43.8 Å². The monoisotopic (exact) mass is 442 g/mol. The van der Waals surface area contributed by atoms with E-state index in [1.165, 1.54) is 0 Å². The number of ether oxygens (including phenoxy) is 1. The van der Waals surface area contributed by atoms with Crippen molar-refractivity contribution in [2.75, 3.05) is 38.6 Å². The summed E-state index contributed by atoms with van der Waals surface area (Å²) < 4.78 is 5.43. The normalized spacial score (nSPS) is 16.6. The van der Waals surface area contributed by atoms with Gasteiger partial charge in [0.15, 0.2) is 0 Å². The molecular weight excluding hydrogens is 416 g/mol. The van der Waals surface area contributed by atoms with Gasteiger partial charge in [-0.15, -0.1) is 0 Å². The average molecular weight is 443 g/mol. The predicted molar refractivity (Wildman–Crippen MR) is 121 cm³/mol. The van der Waals surface area contributed by atoms with Gasteiger partial charge in [-0.25, -0.2) is 4.79 Å². The molecule has 3 amide bonds. The summed E-state index contributed by atoms with van der Waals surface area (Å²) in [5, 5.41) is 6.37. The van der Waals surface area contributed by atoms with E-state index in [4.69, 9.17) is 16.3 Å². The van der Waals surface area contributed by atoms with E-state index in [1.807, 2.05) is 23.1 Å². The summed E-state index contributed by atoms with van der Waals surface area (Å²) >= 11 is 6.13. The van der Waals surface area contributed by atoms with Crippen molar-refractivity contribution >= 4 is 29.2 Å². The van der Waals surface area contributed by atoms with E-state index in [2.05, 4.69) is 15.5 Å². The Balaban J connectivity index is 1.29. The van der Waals surface area contributed by atoms with Crippen molar-refractivity contribution in [2.45, 2.75) is 25.4 Å². The molecular formula is C23H27ClN4O3. The predicted octanol–water partition coefficient (Wildman–Crippen LogP) is 3.59. The number of hydrogen-bond donors (Lipinski definition) is 2. The van der Waals surface area contributed by atoms with E-state index in [-0.39, 0.29) is 11.9 Å². The second-order valence-corrected chi connectivity index (χ2v) is 8.41. The third-order valence-corrected chi connectivity index (χ3v) is 5.83. The minimum atomic E-state index is -0.200. The third-order valence-electron chi connectivity index (χ3n) is 5.60. The summed E-state index contributed by atoms with van der Waals surface area (Å²) in [6, 6.07) is 12.8. The zero-order valence-corrected chi connectivity index (χ0v) is 18.3. The van der Waals surface area contributed by atoms with E-state index in [1.54, 1.807) is 31.4 Å². The Kier molecular flexibility index (Phi) is 6.63. The number of benzene rings is 2. The molecule has 4 rings (SSSR count). The average Bonchev–Trinajstić information content (AvgIpc) is 3.58.